The summed E-state index contributed by atoms with van der Waals surface area (Å²) < 4.78 is 31.4. The number of ether oxygens (including phenoxy) is 6. The average Bonchev–Trinajstić information content (AvgIpc) is 2.73. The second-order valence-electron chi connectivity index (χ2n) is 7.15. The van der Waals surface area contributed by atoms with Gasteiger partial charge in [0.15, 0.2) is 18.1 Å². The highest BCUT2D eigenvalue weighted by Crippen LogP contribution is 2.33. The van der Waals surface area contributed by atoms with E-state index >= 15 is 0 Å². The number of benzene rings is 1. The molecule has 2 rings (SSSR count). The van der Waals surface area contributed by atoms with E-state index in [0.29, 0.717) is 0 Å². The summed E-state index contributed by atoms with van der Waals surface area (Å²) in [6.45, 7) is 2.42. The molecule has 0 aromatic heterocycles. The molecular formula is C21H24O13. The van der Waals surface area contributed by atoms with Crippen LogP contribution in [0.3, 0.4) is 0 Å². The molecule has 2 N–H and O–H groups in total. The first-order valence-electron chi connectivity index (χ1n) is 9.98. The molecule has 4 atom stereocenters. The van der Waals surface area contributed by atoms with Gasteiger partial charge in [-0.15, -0.1) is 0 Å². The molecule has 1 fully saturated rings. The highest BCUT2D eigenvalue weighted by Gasteiger charge is 2.45. The summed E-state index contributed by atoms with van der Waals surface area (Å²) in [5, 5.41) is 19.2. The zero-order valence-corrected chi connectivity index (χ0v) is 18.5. The van der Waals surface area contributed by atoms with Crippen molar-refractivity contribution in [2.24, 2.45) is 0 Å². The van der Waals surface area contributed by atoms with Crippen molar-refractivity contribution in [1.82, 2.24) is 0 Å². The Morgan fingerprint density at radius 2 is 1.68 bits per heavy atom. The number of hydrogen-bond acceptors (Lipinski definition) is 12. The van der Waals surface area contributed by atoms with Crippen LogP contribution in [-0.2, 0) is 42.9 Å². The van der Waals surface area contributed by atoms with Gasteiger partial charge in [-0.05, 0) is 18.2 Å². The Morgan fingerprint density at radius 3 is 2.24 bits per heavy atom. The minimum absolute atomic E-state index is 0.0825. The van der Waals surface area contributed by atoms with Gasteiger partial charge < -0.3 is 38.6 Å². The van der Waals surface area contributed by atoms with Gasteiger partial charge in [0.1, 0.15) is 12.7 Å². The van der Waals surface area contributed by atoms with Crippen LogP contribution in [-0.4, -0.2) is 77.9 Å². The molecule has 1 heterocycles. The third-order valence-electron chi connectivity index (χ3n) is 4.36. The molecule has 34 heavy (non-hydrogen) atoms. The molecule has 186 valence electrons. The highest BCUT2D eigenvalue weighted by atomic mass is 16.7. The zero-order chi connectivity index (χ0) is 25.4. The van der Waals surface area contributed by atoms with Crippen molar-refractivity contribution < 1.29 is 62.6 Å². The predicted octanol–water partition coefficient (Wildman–Crippen LogP) is 0.554. The van der Waals surface area contributed by atoms with Crippen molar-refractivity contribution in [3.63, 3.8) is 0 Å². The number of aromatic hydroxyl groups is 1. The normalized spacial score (nSPS) is 21.6. The molecule has 0 aliphatic carbocycles. The smallest absolute Gasteiger partial charge is 0.344 e. The van der Waals surface area contributed by atoms with E-state index < -0.39 is 66.8 Å². The predicted molar refractivity (Wildman–Crippen MR) is 108 cm³/mol. The third kappa shape index (κ3) is 7.92. The lowest BCUT2D eigenvalue weighted by atomic mass is 10.0. The number of carboxylic acids is 1. The second kappa shape index (κ2) is 11.8. The van der Waals surface area contributed by atoms with Crippen LogP contribution in [0.25, 0.3) is 0 Å². The van der Waals surface area contributed by atoms with Gasteiger partial charge in [-0.3, -0.25) is 14.4 Å². The SMILES string of the molecule is CC(=O)OCC(=O)O[C@@H]1C[C@H](COC(C)=O)O[C@H](Oc2ccc(C(=O)O)cc2O)[C@H]1OC(C)=O. The summed E-state index contributed by atoms with van der Waals surface area (Å²) in [4.78, 5) is 57.1. The summed E-state index contributed by atoms with van der Waals surface area (Å²) >= 11 is 0. The van der Waals surface area contributed by atoms with Gasteiger partial charge >= 0.3 is 29.8 Å². The molecule has 1 saturated heterocycles. The van der Waals surface area contributed by atoms with E-state index in [1.165, 1.54) is 6.92 Å². The van der Waals surface area contributed by atoms with Crippen LogP contribution in [0.4, 0.5) is 0 Å². The summed E-state index contributed by atoms with van der Waals surface area (Å²) in [6.07, 6.45) is -4.95. The van der Waals surface area contributed by atoms with Crippen LogP contribution in [0.5, 0.6) is 11.5 Å². The number of carboxylic acid groups (broad SMARTS) is 1. The molecule has 1 aliphatic rings. The Balaban J connectivity index is 2.31. The standard InChI is InChI=1S/C21H24O13/c1-10(22)29-8-14-7-17(33-18(26)9-30-11(2)23)19(31-12(3)24)21(32-14)34-16-5-4-13(20(27)28)6-15(16)25/h4-6,14,17,19,21,25H,7-9H2,1-3H3,(H,27,28)/t14-,17-,19+,21-/m1/s1. The van der Waals surface area contributed by atoms with Crippen molar-refractivity contribution >= 4 is 29.8 Å². The minimum Gasteiger partial charge on any atom is -0.504 e. The number of phenolic OH excluding ortho intramolecular Hbond substituents is 1. The van der Waals surface area contributed by atoms with Crippen LogP contribution >= 0.6 is 0 Å². The quantitative estimate of drug-likeness (QED) is 0.367. The number of carbonyl (C=O) groups is 5. The van der Waals surface area contributed by atoms with E-state index in [2.05, 4.69) is 4.74 Å². The van der Waals surface area contributed by atoms with E-state index in [1.54, 1.807) is 0 Å². The van der Waals surface area contributed by atoms with Crippen molar-refractivity contribution in [3.8, 4) is 11.5 Å². The Hall–Kier alpha value is -3.87. The molecule has 1 aromatic carbocycles. The third-order valence-corrected chi connectivity index (χ3v) is 4.36. The largest absolute Gasteiger partial charge is 0.504 e. The van der Waals surface area contributed by atoms with Gasteiger partial charge in [-0.25, -0.2) is 9.59 Å². The Morgan fingerprint density at radius 1 is 1.00 bits per heavy atom. The Labute approximate surface area is 193 Å². The minimum atomic E-state index is -1.47. The first-order valence-corrected chi connectivity index (χ1v) is 9.98. The van der Waals surface area contributed by atoms with Crippen LogP contribution in [0.1, 0.15) is 37.6 Å². The molecule has 1 aromatic rings. The number of hydrogen-bond donors (Lipinski definition) is 2. The number of carbonyl (C=O) groups excluding carboxylic acids is 4. The van der Waals surface area contributed by atoms with Gasteiger partial charge in [0.2, 0.25) is 12.4 Å². The molecule has 0 spiro atoms. The number of esters is 4. The molecule has 13 nitrogen and oxygen atoms in total. The Bertz CT molecular complexity index is 941. The fourth-order valence-electron chi connectivity index (χ4n) is 2.98. The number of aromatic carboxylic acids is 1. The molecule has 0 radical (unpaired) electrons. The van der Waals surface area contributed by atoms with Gasteiger partial charge in [-0.2, -0.15) is 0 Å². The average molecular weight is 484 g/mol. The first kappa shape index (κ1) is 26.4. The summed E-state index contributed by atoms with van der Waals surface area (Å²) in [5.41, 5.74) is -0.212. The zero-order valence-electron chi connectivity index (χ0n) is 18.5. The summed E-state index contributed by atoms with van der Waals surface area (Å²) in [5.74, 6) is -5.08. The molecule has 0 bridgehead atoms. The van der Waals surface area contributed by atoms with E-state index in [4.69, 9.17) is 28.8 Å². The van der Waals surface area contributed by atoms with E-state index in [0.717, 1.165) is 32.0 Å². The van der Waals surface area contributed by atoms with Crippen LogP contribution in [0.15, 0.2) is 18.2 Å². The lowest BCUT2D eigenvalue weighted by molar-refractivity contribution is -0.255. The monoisotopic (exact) mass is 484 g/mol. The van der Waals surface area contributed by atoms with Crippen LogP contribution < -0.4 is 4.74 Å². The molecular weight excluding hydrogens is 460 g/mol. The lowest BCUT2D eigenvalue weighted by Gasteiger charge is -2.39. The van der Waals surface area contributed by atoms with Gasteiger partial charge in [0.05, 0.1) is 11.7 Å². The van der Waals surface area contributed by atoms with Crippen molar-refractivity contribution in [1.29, 1.82) is 0 Å². The van der Waals surface area contributed by atoms with Crippen molar-refractivity contribution in [2.75, 3.05) is 13.2 Å². The maximum absolute atomic E-state index is 12.1. The first-order chi connectivity index (χ1) is 16.0. The van der Waals surface area contributed by atoms with Gasteiger partial charge in [0.25, 0.3) is 0 Å². The summed E-state index contributed by atoms with van der Waals surface area (Å²) in [6, 6.07) is 3.26. The topological polar surface area (TPSA) is 181 Å². The van der Waals surface area contributed by atoms with Crippen LogP contribution in [0.2, 0.25) is 0 Å². The van der Waals surface area contributed by atoms with Crippen molar-refractivity contribution in [3.05, 3.63) is 23.8 Å². The number of rotatable bonds is 9. The van der Waals surface area contributed by atoms with E-state index in [1.807, 2.05) is 0 Å². The summed E-state index contributed by atoms with van der Waals surface area (Å²) in [7, 11) is 0. The van der Waals surface area contributed by atoms with Crippen molar-refractivity contribution in [2.45, 2.75) is 51.8 Å². The molecule has 13 heteroatoms. The number of phenols is 1. The van der Waals surface area contributed by atoms with E-state index in [-0.39, 0.29) is 24.3 Å². The van der Waals surface area contributed by atoms with Gasteiger partial charge in [0, 0.05) is 27.2 Å². The fourth-order valence-corrected chi connectivity index (χ4v) is 2.98. The van der Waals surface area contributed by atoms with E-state index in [9.17, 15) is 29.1 Å². The fraction of sp³-hybridized carbons (Fsp3) is 0.476. The second-order valence-corrected chi connectivity index (χ2v) is 7.15. The molecule has 1 aliphatic heterocycles. The Kier molecular flexibility index (Phi) is 9.18. The highest BCUT2D eigenvalue weighted by molar-refractivity contribution is 5.88. The maximum atomic E-state index is 12.1. The van der Waals surface area contributed by atoms with Crippen LogP contribution in [0, 0.1) is 0 Å². The molecule has 0 unspecified atom stereocenters. The lowest BCUT2D eigenvalue weighted by Crippen LogP contribution is -2.55. The molecule has 0 amide bonds. The molecule has 0 saturated carbocycles. The maximum Gasteiger partial charge on any atom is 0.344 e. The van der Waals surface area contributed by atoms with Gasteiger partial charge in [-0.1, -0.05) is 0 Å².